The van der Waals surface area contributed by atoms with Crippen LogP contribution in [-0.2, 0) is 10.0 Å². The van der Waals surface area contributed by atoms with Gasteiger partial charge in [-0.2, -0.15) is 0 Å². The molecule has 3 aromatic rings. The van der Waals surface area contributed by atoms with Gasteiger partial charge in [-0.25, -0.2) is 8.42 Å². The summed E-state index contributed by atoms with van der Waals surface area (Å²) in [6, 6.07) is 13.3. The Labute approximate surface area is 141 Å². The lowest BCUT2D eigenvalue weighted by Crippen LogP contribution is -2.41. The van der Waals surface area contributed by atoms with Crippen molar-refractivity contribution in [2.75, 3.05) is 0 Å². The first kappa shape index (κ1) is 15.7. The van der Waals surface area contributed by atoms with E-state index in [4.69, 9.17) is 0 Å². The average Bonchev–Trinajstić information content (AvgIpc) is 2.97. The standard InChI is InChI=1S/C15H12BrN3O3S/c16-10-5-7-11(8-6-10)23(21,22)19-18-15(20)13-9-17-14-4-2-1-3-12(13)14/h1-9,17,19H,(H,18,20). The smallest absolute Gasteiger partial charge is 0.268 e. The predicted octanol–water partition coefficient (Wildman–Crippen LogP) is 2.55. The van der Waals surface area contributed by atoms with E-state index in [0.29, 0.717) is 10.9 Å². The molecule has 1 aromatic heterocycles. The van der Waals surface area contributed by atoms with Crippen molar-refractivity contribution in [3.05, 3.63) is 64.8 Å². The van der Waals surface area contributed by atoms with E-state index in [0.717, 1.165) is 9.99 Å². The van der Waals surface area contributed by atoms with Crippen molar-refractivity contribution in [1.82, 2.24) is 15.2 Å². The minimum Gasteiger partial charge on any atom is -0.360 e. The fourth-order valence-corrected chi connectivity index (χ4v) is 3.22. The van der Waals surface area contributed by atoms with Crippen LogP contribution in [0.4, 0.5) is 0 Å². The number of sulfonamides is 1. The summed E-state index contributed by atoms with van der Waals surface area (Å²) in [5.41, 5.74) is 3.38. The van der Waals surface area contributed by atoms with Gasteiger partial charge in [-0.1, -0.05) is 34.1 Å². The van der Waals surface area contributed by atoms with Gasteiger partial charge in [0.05, 0.1) is 10.5 Å². The van der Waals surface area contributed by atoms with E-state index in [9.17, 15) is 13.2 Å². The maximum absolute atomic E-state index is 12.2. The number of carbonyl (C=O) groups excluding carboxylic acids is 1. The summed E-state index contributed by atoms with van der Waals surface area (Å²) < 4.78 is 25.0. The maximum atomic E-state index is 12.2. The zero-order chi connectivity index (χ0) is 16.4. The van der Waals surface area contributed by atoms with E-state index in [-0.39, 0.29) is 4.90 Å². The van der Waals surface area contributed by atoms with Crippen molar-refractivity contribution >= 4 is 42.8 Å². The number of aromatic amines is 1. The Morgan fingerprint density at radius 1 is 1.04 bits per heavy atom. The number of fused-ring (bicyclic) bond motifs is 1. The minimum absolute atomic E-state index is 0.0555. The maximum Gasteiger partial charge on any atom is 0.268 e. The van der Waals surface area contributed by atoms with Crippen LogP contribution in [0.3, 0.4) is 0 Å². The van der Waals surface area contributed by atoms with Crippen molar-refractivity contribution in [1.29, 1.82) is 0 Å². The molecule has 0 bridgehead atoms. The molecule has 1 heterocycles. The Bertz CT molecular complexity index is 965. The van der Waals surface area contributed by atoms with Crippen molar-refractivity contribution in [3.8, 4) is 0 Å². The first-order chi connectivity index (χ1) is 11.0. The zero-order valence-electron chi connectivity index (χ0n) is 11.7. The molecule has 0 spiro atoms. The Morgan fingerprint density at radius 3 is 2.48 bits per heavy atom. The van der Waals surface area contributed by atoms with Gasteiger partial charge in [0.25, 0.3) is 15.9 Å². The van der Waals surface area contributed by atoms with Crippen LogP contribution in [0.1, 0.15) is 10.4 Å². The van der Waals surface area contributed by atoms with Gasteiger partial charge < -0.3 is 4.98 Å². The lowest BCUT2D eigenvalue weighted by molar-refractivity contribution is 0.0947. The number of para-hydroxylation sites is 1. The number of nitrogens with one attached hydrogen (secondary N) is 3. The van der Waals surface area contributed by atoms with Gasteiger partial charge in [-0.15, -0.1) is 4.83 Å². The van der Waals surface area contributed by atoms with Crippen molar-refractivity contribution < 1.29 is 13.2 Å². The Morgan fingerprint density at radius 2 is 1.74 bits per heavy atom. The largest absolute Gasteiger partial charge is 0.360 e. The molecule has 3 rings (SSSR count). The summed E-state index contributed by atoms with van der Waals surface area (Å²) >= 11 is 3.24. The molecule has 0 aliphatic heterocycles. The van der Waals surface area contributed by atoms with Gasteiger partial charge in [-0.05, 0) is 30.3 Å². The van der Waals surface area contributed by atoms with E-state index in [1.165, 1.54) is 18.3 Å². The fourth-order valence-electron chi connectivity index (χ4n) is 2.11. The minimum atomic E-state index is -3.83. The zero-order valence-corrected chi connectivity index (χ0v) is 14.1. The molecule has 0 saturated carbocycles. The van der Waals surface area contributed by atoms with E-state index >= 15 is 0 Å². The first-order valence-corrected chi connectivity index (χ1v) is 8.89. The highest BCUT2D eigenvalue weighted by Crippen LogP contribution is 2.17. The van der Waals surface area contributed by atoms with Crippen LogP contribution in [0.15, 0.2) is 64.1 Å². The van der Waals surface area contributed by atoms with Crippen LogP contribution >= 0.6 is 15.9 Å². The van der Waals surface area contributed by atoms with Crippen LogP contribution in [0, 0.1) is 0 Å². The molecule has 3 N–H and O–H groups in total. The first-order valence-electron chi connectivity index (χ1n) is 6.61. The molecule has 23 heavy (non-hydrogen) atoms. The average molecular weight is 394 g/mol. The molecule has 0 radical (unpaired) electrons. The molecule has 118 valence electrons. The van der Waals surface area contributed by atoms with Crippen LogP contribution in [0.25, 0.3) is 10.9 Å². The van der Waals surface area contributed by atoms with Gasteiger partial charge >= 0.3 is 0 Å². The van der Waals surface area contributed by atoms with E-state index < -0.39 is 15.9 Å². The summed E-state index contributed by atoms with van der Waals surface area (Å²) in [5.74, 6) is -0.539. The number of H-pyrrole nitrogens is 1. The normalized spacial score (nSPS) is 11.5. The molecule has 0 fully saturated rings. The predicted molar refractivity (Wildman–Crippen MR) is 90.2 cm³/mol. The highest BCUT2D eigenvalue weighted by atomic mass is 79.9. The van der Waals surface area contributed by atoms with E-state index in [1.54, 1.807) is 24.3 Å². The summed E-state index contributed by atoms with van der Waals surface area (Å²) in [6.07, 6.45) is 1.54. The van der Waals surface area contributed by atoms with Crippen molar-refractivity contribution in [2.45, 2.75) is 4.90 Å². The second-order valence-corrected chi connectivity index (χ2v) is 7.36. The number of halogens is 1. The van der Waals surface area contributed by atoms with Crippen LogP contribution in [-0.4, -0.2) is 19.3 Å². The number of benzene rings is 2. The lowest BCUT2D eigenvalue weighted by Gasteiger charge is -2.08. The summed E-state index contributed by atoms with van der Waals surface area (Å²) in [5, 5.41) is 0.716. The third-order valence-corrected chi connectivity index (χ3v) is 5.05. The second kappa shape index (κ2) is 6.15. The molecule has 0 aliphatic rings. The van der Waals surface area contributed by atoms with E-state index in [1.807, 2.05) is 12.1 Å². The molecule has 0 unspecified atom stereocenters. The number of aromatic nitrogens is 1. The van der Waals surface area contributed by atoms with Crippen LogP contribution in [0.2, 0.25) is 0 Å². The third kappa shape index (κ3) is 3.29. The molecule has 2 aromatic carbocycles. The van der Waals surface area contributed by atoms with Crippen molar-refractivity contribution in [2.24, 2.45) is 0 Å². The quantitative estimate of drug-likeness (QED) is 0.594. The lowest BCUT2D eigenvalue weighted by atomic mass is 10.2. The number of carbonyl (C=O) groups is 1. The fraction of sp³-hybridized carbons (Fsp3) is 0. The van der Waals surface area contributed by atoms with Gasteiger partial charge in [0, 0.05) is 21.6 Å². The summed E-state index contributed by atoms with van der Waals surface area (Å²) in [4.78, 5) is 17.3. The van der Waals surface area contributed by atoms with E-state index in [2.05, 4.69) is 31.2 Å². The highest BCUT2D eigenvalue weighted by Gasteiger charge is 2.17. The Hall–Kier alpha value is -2.16. The van der Waals surface area contributed by atoms with Crippen LogP contribution in [0.5, 0.6) is 0 Å². The molecular formula is C15H12BrN3O3S. The molecule has 8 heteroatoms. The number of amides is 1. The Balaban J connectivity index is 1.77. The Kier molecular flexibility index (Phi) is 4.20. The van der Waals surface area contributed by atoms with Gasteiger partial charge in [0.15, 0.2) is 0 Å². The molecule has 0 atom stereocenters. The van der Waals surface area contributed by atoms with Gasteiger partial charge in [0.1, 0.15) is 0 Å². The SMILES string of the molecule is O=C(NNS(=O)(=O)c1ccc(Br)cc1)c1c[nH]c2ccccc12. The molecular weight excluding hydrogens is 382 g/mol. The summed E-state index contributed by atoms with van der Waals surface area (Å²) in [7, 11) is -3.83. The number of rotatable bonds is 4. The van der Waals surface area contributed by atoms with Gasteiger partial charge in [-0.3, -0.25) is 10.2 Å². The second-order valence-electron chi connectivity index (χ2n) is 4.76. The number of hydrogen-bond donors (Lipinski definition) is 3. The van der Waals surface area contributed by atoms with Crippen molar-refractivity contribution in [3.63, 3.8) is 0 Å². The molecule has 0 aliphatic carbocycles. The topological polar surface area (TPSA) is 91.1 Å². The van der Waals surface area contributed by atoms with Gasteiger partial charge in [0.2, 0.25) is 0 Å². The number of hydrazine groups is 1. The third-order valence-electron chi connectivity index (χ3n) is 3.26. The van der Waals surface area contributed by atoms with Crippen LogP contribution < -0.4 is 10.3 Å². The molecule has 6 nitrogen and oxygen atoms in total. The highest BCUT2D eigenvalue weighted by molar-refractivity contribution is 9.10. The monoisotopic (exact) mass is 393 g/mol. The number of hydrogen-bond acceptors (Lipinski definition) is 3. The summed E-state index contributed by atoms with van der Waals surface area (Å²) in [6.45, 7) is 0. The molecule has 0 saturated heterocycles. The molecule has 1 amide bonds.